The predicted octanol–water partition coefficient (Wildman–Crippen LogP) is 3.32. The second-order valence-electron chi connectivity index (χ2n) is 6.25. The molecule has 0 aliphatic rings. The fourth-order valence-corrected chi connectivity index (χ4v) is 2.94. The monoisotopic (exact) mass is 416 g/mol. The molecule has 1 amide bonds. The Hall–Kier alpha value is -2.34. The molecule has 0 aliphatic heterocycles. The molecule has 138 valence electrons. The number of aryl methyl sites for hydroxylation is 1. The van der Waals surface area contributed by atoms with Crippen molar-refractivity contribution in [3.8, 4) is 0 Å². The molecule has 0 fully saturated rings. The number of carbonyl (C=O) groups is 1. The van der Waals surface area contributed by atoms with E-state index in [1.165, 1.54) is 11.1 Å². The van der Waals surface area contributed by atoms with E-state index in [4.69, 9.17) is 0 Å². The minimum atomic E-state index is 0.00635. The summed E-state index contributed by atoms with van der Waals surface area (Å²) in [4.78, 5) is 17.7. The van der Waals surface area contributed by atoms with E-state index in [9.17, 15) is 4.79 Å². The van der Waals surface area contributed by atoms with Gasteiger partial charge >= 0.3 is 0 Å². The van der Waals surface area contributed by atoms with Gasteiger partial charge in [-0.1, -0.05) is 34.1 Å². The van der Waals surface area contributed by atoms with Crippen molar-refractivity contribution < 1.29 is 4.79 Å². The number of rotatable bonds is 5. The maximum Gasteiger partial charge on any atom is 0.253 e. The fourth-order valence-electron chi connectivity index (χ4n) is 2.47. The summed E-state index contributed by atoms with van der Waals surface area (Å²) in [7, 11) is 5.25. The number of halogens is 1. The smallest absolute Gasteiger partial charge is 0.253 e. The summed E-state index contributed by atoms with van der Waals surface area (Å²) in [6, 6.07) is 13.8. The fraction of sp³-hybridized carbons (Fsp3) is 0.300. The van der Waals surface area contributed by atoms with Crippen molar-refractivity contribution in [3.05, 3.63) is 69.2 Å². The van der Waals surface area contributed by atoms with Gasteiger partial charge in [-0.25, -0.2) is 0 Å². The zero-order valence-electron chi connectivity index (χ0n) is 15.6. The quantitative estimate of drug-likeness (QED) is 0.580. The summed E-state index contributed by atoms with van der Waals surface area (Å²) in [5.41, 5.74) is 4.22. The molecule has 0 unspecified atom stereocenters. The number of hydrogen-bond acceptors (Lipinski definition) is 2. The van der Waals surface area contributed by atoms with Gasteiger partial charge in [-0.15, -0.1) is 0 Å². The van der Waals surface area contributed by atoms with Crippen molar-refractivity contribution in [1.82, 2.24) is 15.5 Å². The van der Waals surface area contributed by atoms with Gasteiger partial charge in [0.15, 0.2) is 5.96 Å². The normalized spacial score (nSPS) is 11.2. The average Bonchev–Trinajstić information content (AvgIpc) is 2.63. The molecule has 0 spiro atoms. The molecule has 5 nitrogen and oxygen atoms in total. The highest BCUT2D eigenvalue weighted by Crippen LogP contribution is 2.15. The van der Waals surface area contributed by atoms with Crippen molar-refractivity contribution in [2.24, 2.45) is 4.99 Å². The van der Waals surface area contributed by atoms with Crippen LogP contribution in [0, 0.1) is 6.92 Å². The van der Waals surface area contributed by atoms with E-state index >= 15 is 0 Å². The molecule has 0 heterocycles. The van der Waals surface area contributed by atoms with Crippen LogP contribution in [0.25, 0.3) is 0 Å². The van der Waals surface area contributed by atoms with Crippen LogP contribution in [0.4, 0.5) is 0 Å². The molecule has 0 radical (unpaired) electrons. The minimum Gasteiger partial charge on any atom is -0.352 e. The molecule has 2 N–H and O–H groups in total. The highest BCUT2D eigenvalue weighted by molar-refractivity contribution is 9.10. The Morgan fingerprint density at radius 1 is 1.08 bits per heavy atom. The van der Waals surface area contributed by atoms with Crippen molar-refractivity contribution in [2.75, 3.05) is 21.1 Å². The molecule has 26 heavy (non-hydrogen) atoms. The minimum absolute atomic E-state index is 0.00635. The van der Waals surface area contributed by atoms with Gasteiger partial charge in [0.1, 0.15) is 0 Å². The van der Waals surface area contributed by atoms with Crippen molar-refractivity contribution in [3.63, 3.8) is 0 Å². The Balaban J connectivity index is 1.89. The number of benzene rings is 2. The Kier molecular flexibility index (Phi) is 7.21. The molecule has 2 aromatic rings. The molecule has 0 bridgehead atoms. The molecule has 2 aromatic carbocycles. The lowest BCUT2D eigenvalue weighted by atomic mass is 10.1. The van der Waals surface area contributed by atoms with Crippen LogP contribution in [0.3, 0.4) is 0 Å². The number of amides is 1. The molecule has 0 saturated carbocycles. The summed E-state index contributed by atoms with van der Waals surface area (Å²) in [6.07, 6.45) is 0. The third kappa shape index (κ3) is 5.59. The third-order valence-electron chi connectivity index (χ3n) is 4.04. The maximum atomic E-state index is 11.9. The number of guanidine groups is 1. The van der Waals surface area contributed by atoms with Crippen LogP contribution >= 0.6 is 15.9 Å². The zero-order chi connectivity index (χ0) is 19.1. The lowest BCUT2D eigenvalue weighted by Gasteiger charge is -2.14. The lowest BCUT2D eigenvalue weighted by Crippen LogP contribution is -2.36. The molecule has 0 saturated heterocycles. The first-order valence-electron chi connectivity index (χ1n) is 8.41. The van der Waals surface area contributed by atoms with Crippen LogP contribution in [-0.4, -0.2) is 37.9 Å². The summed E-state index contributed by atoms with van der Waals surface area (Å²) < 4.78 is 1.08. The van der Waals surface area contributed by atoms with Crippen molar-refractivity contribution in [2.45, 2.75) is 20.0 Å². The second kappa shape index (κ2) is 9.38. The van der Waals surface area contributed by atoms with Gasteiger partial charge < -0.3 is 15.5 Å². The van der Waals surface area contributed by atoms with Gasteiger partial charge in [0.2, 0.25) is 0 Å². The number of nitrogens with zero attached hydrogens (tertiary/aromatic N) is 2. The SMILES string of the molecule is CN=C(NCc1ccc(C(=O)N(C)C)cc1)NCc1ccc(Br)cc1C. The Labute approximate surface area is 163 Å². The molecular formula is C20H25BrN4O. The molecule has 0 atom stereocenters. The second-order valence-corrected chi connectivity index (χ2v) is 7.16. The van der Waals surface area contributed by atoms with E-state index in [0.29, 0.717) is 18.7 Å². The van der Waals surface area contributed by atoms with Gasteiger partial charge in [0.25, 0.3) is 5.91 Å². The van der Waals surface area contributed by atoms with Gasteiger partial charge in [0, 0.05) is 44.3 Å². The Morgan fingerprint density at radius 2 is 1.73 bits per heavy atom. The first kappa shape index (κ1) is 20.0. The lowest BCUT2D eigenvalue weighted by molar-refractivity contribution is 0.0827. The Bertz CT molecular complexity index is 785. The van der Waals surface area contributed by atoms with Crippen LogP contribution in [0.5, 0.6) is 0 Å². The van der Waals surface area contributed by atoms with Crippen LogP contribution in [-0.2, 0) is 13.1 Å². The summed E-state index contributed by atoms with van der Waals surface area (Å²) in [5.74, 6) is 0.743. The highest BCUT2D eigenvalue weighted by Gasteiger charge is 2.07. The average molecular weight is 417 g/mol. The number of hydrogen-bond donors (Lipinski definition) is 2. The maximum absolute atomic E-state index is 11.9. The molecule has 6 heteroatoms. The van der Waals surface area contributed by atoms with Crippen LogP contribution in [0.15, 0.2) is 51.9 Å². The summed E-state index contributed by atoms with van der Waals surface area (Å²) in [6.45, 7) is 3.43. The standard InChI is InChI=1S/C20H25BrN4O/c1-14-11-18(21)10-9-17(14)13-24-20(22-2)23-12-15-5-7-16(8-6-15)19(26)25(3)4/h5-11H,12-13H2,1-4H3,(H2,22,23,24). The van der Waals surface area contributed by atoms with Gasteiger partial charge in [0.05, 0.1) is 0 Å². The topological polar surface area (TPSA) is 56.7 Å². The summed E-state index contributed by atoms with van der Waals surface area (Å²) in [5, 5.41) is 6.62. The third-order valence-corrected chi connectivity index (χ3v) is 4.53. The van der Waals surface area contributed by atoms with E-state index in [2.05, 4.69) is 50.6 Å². The largest absolute Gasteiger partial charge is 0.352 e. The van der Waals surface area contributed by atoms with Crippen molar-refractivity contribution in [1.29, 1.82) is 0 Å². The number of carbonyl (C=O) groups excluding carboxylic acids is 1. The molecular weight excluding hydrogens is 392 g/mol. The first-order chi connectivity index (χ1) is 12.4. The van der Waals surface area contributed by atoms with E-state index < -0.39 is 0 Å². The first-order valence-corrected chi connectivity index (χ1v) is 9.20. The summed E-state index contributed by atoms with van der Waals surface area (Å²) >= 11 is 3.48. The van der Waals surface area contributed by atoms with Gasteiger partial charge in [-0.05, 0) is 47.9 Å². The van der Waals surface area contributed by atoms with Crippen LogP contribution in [0.2, 0.25) is 0 Å². The van der Waals surface area contributed by atoms with E-state index in [1.807, 2.05) is 30.3 Å². The number of aliphatic imine (C=N–C) groups is 1. The van der Waals surface area contributed by atoms with E-state index in [-0.39, 0.29) is 5.91 Å². The van der Waals surface area contributed by atoms with Crippen LogP contribution < -0.4 is 10.6 Å². The van der Waals surface area contributed by atoms with Crippen LogP contribution in [0.1, 0.15) is 27.0 Å². The van der Waals surface area contributed by atoms with Gasteiger partial charge in [-0.2, -0.15) is 0 Å². The van der Waals surface area contributed by atoms with E-state index in [1.54, 1.807) is 26.0 Å². The molecule has 2 rings (SSSR count). The Morgan fingerprint density at radius 3 is 2.31 bits per heavy atom. The zero-order valence-corrected chi connectivity index (χ0v) is 17.2. The number of nitrogens with one attached hydrogen (secondary N) is 2. The highest BCUT2D eigenvalue weighted by atomic mass is 79.9. The molecule has 0 aliphatic carbocycles. The predicted molar refractivity (Wildman–Crippen MR) is 110 cm³/mol. The van der Waals surface area contributed by atoms with E-state index in [0.717, 1.165) is 16.0 Å². The molecule has 0 aromatic heterocycles. The van der Waals surface area contributed by atoms with Crippen molar-refractivity contribution >= 4 is 27.8 Å². The van der Waals surface area contributed by atoms with Gasteiger partial charge in [-0.3, -0.25) is 9.79 Å².